The second kappa shape index (κ2) is 2.59. The molecule has 0 saturated carbocycles. The lowest BCUT2D eigenvalue weighted by molar-refractivity contribution is 0.228. The van der Waals surface area contributed by atoms with Gasteiger partial charge in [-0.25, -0.2) is 4.68 Å². The van der Waals surface area contributed by atoms with Gasteiger partial charge in [0.1, 0.15) is 0 Å². The Labute approximate surface area is 53.1 Å². The fourth-order valence-electron chi connectivity index (χ4n) is 0.536. The van der Waals surface area contributed by atoms with Crippen molar-refractivity contribution in [2.45, 2.75) is 13.0 Å². The number of rotatable bonds is 2. The highest BCUT2D eigenvalue weighted by Crippen LogP contribution is 1.97. The number of aliphatic hydroxyl groups is 1. The van der Waals surface area contributed by atoms with E-state index in [1.165, 1.54) is 0 Å². The minimum absolute atomic E-state index is 0.0347. The van der Waals surface area contributed by atoms with Gasteiger partial charge in [-0.1, -0.05) is 5.21 Å². The van der Waals surface area contributed by atoms with Gasteiger partial charge in [-0.3, -0.25) is 0 Å². The van der Waals surface area contributed by atoms with E-state index >= 15 is 0 Å². The van der Waals surface area contributed by atoms with Crippen LogP contribution >= 0.6 is 0 Å². The first-order valence-corrected chi connectivity index (χ1v) is 2.81. The lowest BCUT2D eigenvalue weighted by Crippen LogP contribution is -2.09. The summed E-state index contributed by atoms with van der Waals surface area (Å²) in [5.41, 5.74) is 0. The fourth-order valence-corrected chi connectivity index (χ4v) is 0.536. The predicted octanol–water partition coefficient (Wildman–Crippen LogP) is -0.169. The molecule has 1 N–H and O–H groups in total. The minimum Gasteiger partial charge on any atom is -0.394 e. The van der Waals surface area contributed by atoms with E-state index in [9.17, 15) is 0 Å². The fraction of sp³-hybridized carbons (Fsp3) is 0.600. The summed E-state index contributed by atoms with van der Waals surface area (Å²) in [6, 6.07) is 0.0347. The van der Waals surface area contributed by atoms with Crippen molar-refractivity contribution in [1.29, 1.82) is 0 Å². The number of nitrogens with zero attached hydrogens (tertiary/aromatic N) is 3. The third-order valence-corrected chi connectivity index (χ3v) is 1.16. The molecule has 1 atom stereocenters. The molecule has 4 heteroatoms. The Hall–Kier alpha value is -0.900. The van der Waals surface area contributed by atoms with E-state index in [0.717, 1.165) is 0 Å². The van der Waals surface area contributed by atoms with Gasteiger partial charge in [-0.05, 0) is 6.92 Å². The molecule has 0 bridgehead atoms. The summed E-state index contributed by atoms with van der Waals surface area (Å²) in [5, 5.41) is 15.9. The van der Waals surface area contributed by atoms with Crippen LogP contribution in [0.2, 0.25) is 0 Å². The predicted molar refractivity (Wildman–Crippen MR) is 31.8 cm³/mol. The zero-order valence-corrected chi connectivity index (χ0v) is 5.23. The first-order chi connectivity index (χ1) is 4.34. The Morgan fingerprint density at radius 1 is 1.78 bits per heavy atom. The zero-order chi connectivity index (χ0) is 6.69. The van der Waals surface area contributed by atoms with E-state index < -0.39 is 0 Å². The van der Waals surface area contributed by atoms with Crippen LogP contribution in [0.3, 0.4) is 0 Å². The summed E-state index contributed by atoms with van der Waals surface area (Å²) in [5.74, 6) is 0. The molecule has 4 nitrogen and oxygen atoms in total. The lowest BCUT2D eigenvalue weighted by Gasteiger charge is -2.04. The Morgan fingerprint density at radius 2 is 2.56 bits per heavy atom. The van der Waals surface area contributed by atoms with E-state index in [1.54, 1.807) is 17.1 Å². The van der Waals surface area contributed by atoms with E-state index in [4.69, 9.17) is 5.11 Å². The van der Waals surface area contributed by atoms with E-state index in [0.29, 0.717) is 0 Å². The average Bonchev–Trinajstić information content (AvgIpc) is 2.37. The van der Waals surface area contributed by atoms with Crippen LogP contribution in [-0.4, -0.2) is 26.7 Å². The molecule has 1 unspecified atom stereocenters. The highest BCUT2D eigenvalue weighted by Gasteiger charge is 1.99. The van der Waals surface area contributed by atoms with Crippen molar-refractivity contribution in [2.24, 2.45) is 0 Å². The van der Waals surface area contributed by atoms with Crippen LogP contribution in [0.1, 0.15) is 13.0 Å². The second-order valence-electron chi connectivity index (χ2n) is 1.91. The molecule has 0 fully saturated rings. The summed E-state index contributed by atoms with van der Waals surface area (Å²) in [6.45, 7) is 1.97. The Morgan fingerprint density at radius 3 is 3.00 bits per heavy atom. The third-order valence-electron chi connectivity index (χ3n) is 1.16. The summed E-state index contributed by atoms with van der Waals surface area (Å²) < 4.78 is 1.61. The molecular weight excluding hydrogens is 118 g/mol. The van der Waals surface area contributed by atoms with Crippen molar-refractivity contribution < 1.29 is 5.11 Å². The van der Waals surface area contributed by atoms with Gasteiger partial charge in [-0.2, -0.15) is 0 Å². The van der Waals surface area contributed by atoms with Crippen LogP contribution in [0.15, 0.2) is 12.4 Å². The number of hydrogen-bond donors (Lipinski definition) is 1. The normalized spacial score (nSPS) is 13.6. The Bertz CT molecular complexity index is 161. The summed E-state index contributed by atoms with van der Waals surface area (Å²) in [7, 11) is 0. The molecule has 0 aliphatic rings. The highest BCUT2D eigenvalue weighted by molar-refractivity contribution is 4.68. The molecule has 50 valence electrons. The first-order valence-electron chi connectivity index (χ1n) is 2.81. The molecule has 0 aliphatic carbocycles. The van der Waals surface area contributed by atoms with Crippen molar-refractivity contribution in [3.63, 3.8) is 0 Å². The molecule has 9 heavy (non-hydrogen) atoms. The molecule has 1 heterocycles. The Kier molecular flexibility index (Phi) is 1.79. The summed E-state index contributed by atoms with van der Waals surface area (Å²) in [4.78, 5) is 0. The first kappa shape index (κ1) is 6.22. The van der Waals surface area contributed by atoms with Gasteiger partial charge in [0, 0.05) is 6.20 Å². The van der Waals surface area contributed by atoms with Crippen molar-refractivity contribution in [3.8, 4) is 0 Å². The zero-order valence-electron chi connectivity index (χ0n) is 5.23. The Balaban J connectivity index is 2.65. The monoisotopic (exact) mass is 127 g/mol. The molecule has 1 rings (SSSR count). The van der Waals surface area contributed by atoms with Gasteiger partial charge < -0.3 is 5.11 Å². The van der Waals surface area contributed by atoms with Crippen LogP contribution in [0.4, 0.5) is 0 Å². The quantitative estimate of drug-likeness (QED) is 0.600. The van der Waals surface area contributed by atoms with E-state index in [-0.39, 0.29) is 12.6 Å². The molecule has 1 aromatic heterocycles. The molecule has 0 aliphatic heterocycles. The van der Waals surface area contributed by atoms with Crippen molar-refractivity contribution in [2.75, 3.05) is 6.61 Å². The maximum atomic E-state index is 8.62. The van der Waals surface area contributed by atoms with Gasteiger partial charge in [0.15, 0.2) is 0 Å². The van der Waals surface area contributed by atoms with E-state index in [2.05, 4.69) is 10.3 Å². The summed E-state index contributed by atoms with van der Waals surface area (Å²) in [6.07, 6.45) is 3.31. The van der Waals surface area contributed by atoms with Crippen molar-refractivity contribution in [3.05, 3.63) is 12.4 Å². The van der Waals surface area contributed by atoms with Crippen LogP contribution in [-0.2, 0) is 0 Å². The van der Waals surface area contributed by atoms with Crippen LogP contribution < -0.4 is 0 Å². The number of aliphatic hydroxyl groups excluding tert-OH is 1. The standard InChI is InChI=1S/C5H9N3O/c1-5(4-9)8-3-2-6-7-8/h2-3,5,9H,4H2,1H3. The molecule has 0 saturated heterocycles. The smallest absolute Gasteiger partial charge is 0.0739 e. The van der Waals surface area contributed by atoms with Gasteiger partial charge >= 0.3 is 0 Å². The maximum absolute atomic E-state index is 8.62. The van der Waals surface area contributed by atoms with Crippen molar-refractivity contribution in [1.82, 2.24) is 15.0 Å². The lowest BCUT2D eigenvalue weighted by atomic mass is 10.4. The molecule has 1 aromatic rings. The maximum Gasteiger partial charge on any atom is 0.0739 e. The SMILES string of the molecule is CC(CO)n1ccnn1. The van der Waals surface area contributed by atoms with Crippen LogP contribution in [0.25, 0.3) is 0 Å². The molecule has 0 radical (unpaired) electrons. The number of hydrogen-bond acceptors (Lipinski definition) is 3. The van der Waals surface area contributed by atoms with Crippen LogP contribution in [0.5, 0.6) is 0 Å². The molecule has 0 aromatic carbocycles. The summed E-state index contributed by atoms with van der Waals surface area (Å²) >= 11 is 0. The highest BCUT2D eigenvalue weighted by atomic mass is 16.3. The topological polar surface area (TPSA) is 50.9 Å². The third kappa shape index (κ3) is 1.26. The average molecular weight is 127 g/mol. The van der Waals surface area contributed by atoms with Gasteiger partial charge in [0.05, 0.1) is 18.8 Å². The molecule has 0 spiro atoms. The molecule has 0 amide bonds. The molecular formula is C5H9N3O. The van der Waals surface area contributed by atoms with Crippen LogP contribution in [0, 0.1) is 0 Å². The van der Waals surface area contributed by atoms with Gasteiger partial charge in [0.25, 0.3) is 0 Å². The van der Waals surface area contributed by atoms with Crippen molar-refractivity contribution >= 4 is 0 Å². The van der Waals surface area contributed by atoms with E-state index in [1.807, 2.05) is 6.92 Å². The van der Waals surface area contributed by atoms with Gasteiger partial charge in [-0.15, -0.1) is 5.10 Å². The van der Waals surface area contributed by atoms with Gasteiger partial charge in [0.2, 0.25) is 0 Å². The minimum atomic E-state index is 0.0347. The number of aromatic nitrogens is 3. The largest absolute Gasteiger partial charge is 0.394 e. The second-order valence-corrected chi connectivity index (χ2v) is 1.91.